The summed E-state index contributed by atoms with van der Waals surface area (Å²) < 4.78 is 0. The van der Waals surface area contributed by atoms with Crippen LogP contribution >= 0.6 is 0 Å². The van der Waals surface area contributed by atoms with Crippen molar-refractivity contribution in [2.24, 2.45) is 0 Å². The molecule has 5 rings (SSSR count). The van der Waals surface area contributed by atoms with E-state index < -0.39 is 6.10 Å². The molecule has 0 heterocycles. The van der Waals surface area contributed by atoms with E-state index in [4.69, 9.17) is 0 Å². The zero-order valence-corrected chi connectivity index (χ0v) is 12.9. The quantitative estimate of drug-likeness (QED) is 0.306. The first kappa shape index (κ1) is 12.9. The standard InChI is InChI=1S/C22H16O/c1-13(23)20-17-8-3-2-7-16(17)18-11-9-14-5-4-6-15-10-12-19(20)22(18)21(14)15/h2-13,23H,1H3. The van der Waals surface area contributed by atoms with E-state index in [2.05, 4.69) is 60.7 Å². The van der Waals surface area contributed by atoms with E-state index in [0.717, 1.165) is 16.3 Å². The van der Waals surface area contributed by atoms with Crippen LogP contribution in [-0.2, 0) is 0 Å². The molecule has 5 aromatic carbocycles. The summed E-state index contributed by atoms with van der Waals surface area (Å²) in [5, 5.41) is 20.3. The topological polar surface area (TPSA) is 20.2 Å². The third kappa shape index (κ3) is 1.60. The Hall–Kier alpha value is -2.64. The molecule has 0 bridgehead atoms. The SMILES string of the molecule is CC(O)c1c2ccccc2c2ccc3cccc4ccc1c2c43. The van der Waals surface area contributed by atoms with Crippen LogP contribution in [0.2, 0.25) is 0 Å². The molecule has 0 fully saturated rings. The van der Waals surface area contributed by atoms with Crippen LogP contribution in [0.1, 0.15) is 18.6 Å². The van der Waals surface area contributed by atoms with Gasteiger partial charge in [0.15, 0.2) is 0 Å². The maximum Gasteiger partial charge on any atom is 0.0773 e. The van der Waals surface area contributed by atoms with Crippen LogP contribution in [0.4, 0.5) is 0 Å². The van der Waals surface area contributed by atoms with Crippen molar-refractivity contribution in [1.29, 1.82) is 0 Å². The number of aliphatic hydroxyl groups excluding tert-OH is 1. The Morgan fingerprint density at radius 2 is 1.26 bits per heavy atom. The predicted molar refractivity (Wildman–Crippen MR) is 98.3 cm³/mol. The second-order valence-electron chi connectivity index (χ2n) is 6.32. The summed E-state index contributed by atoms with van der Waals surface area (Å²) >= 11 is 0. The van der Waals surface area contributed by atoms with Crippen LogP contribution in [0.3, 0.4) is 0 Å². The van der Waals surface area contributed by atoms with Crippen LogP contribution < -0.4 is 0 Å². The summed E-state index contributed by atoms with van der Waals surface area (Å²) in [6.45, 7) is 1.86. The maximum absolute atomic E-state index is 10.5. The minimum absolute atomic E-state index is 0.496. The van der Waals surface area contributed by atoms with Crippen molar-refractivity contribution in [3.8, 4) is 0 Å². The fourth-order valence-corrected chi connectivity index (χ4v) is 4.08. The molecule has 0 saturated heterocycles. The number of hydrogen-bond donors (Lipinski definition) is 1. The second kappa shape index (κ2) is 4.43. The Kier molecular flexibility index (Phi) is 2.48. The molecule has 0 radical (unpaired) electrons. The normalized spacial score (nSPS) is 13.5. The van der Waals surface area contributed by atoms with Gasteiger partial charge >= 0.3 is 0 Å². The van der Waals surface area contributed by atoms with Crippen molar-refractivity contribution < 1.29 is 5.11 Å². The molecule has 0 aliphatic carbocycles. The van der Waals surface area contributed by atoms with Gasteiger partial charge in [-0.1, -0.05) is 66.7 Å². The lowest BCUT2D eigenvalue weighted by atomic mass is 9.86. The van der Waals surface area contributed by atoms with Gasteiger partial charge in [0.2, 0.25) is 0 Å². The highest BCUT2D eigenvalue weighted by Gasteiger charge is 2.17. The summed E-state index contributed by atoms with van der Waals surface area (Å²) in [5.41, 5.74) is 1.03. The van der Waals surface area contributed by atoms with Gasteiger partial charge < -0.3 is 5.11 Å². The predicted octanol–water partition coefficient (Wildman–Crippen LogP) is 5.79. The van der Waals surface area contributed by atoms with Crippen LogP contribution in [0.15, 0.2) is 66.7 Å². The van der Waals surface area contributed by atoms with Gasteiger partial charge in [-0.3, -0.25) is 0 Å². The van der Waals surface area contributed by atoms with E-state index in [0.29, 0.717) is 0 Å². The third-order valence-corrected chi connectivity index (χ3v) is 4.99. The zero-order valence-electron chi connectivity index (χ0n) is 12.9. The Bertz CT molecular complexity index is 1170. The average molecular weight is 296 g/mol. The number of hydrogen-bond acceptors (Lipinski definition) is 1. The molecular formula is C22H16O. The molecule has 5 aromatic rings. The number of benzene rings is 5. The van der Waals surface area contributed by atoms with Crippen LogP contribution in [-0.4, -0.2) is 5.11 Å². The Morgan fingerprint density at radius 1 is 0.609 bits per heavy atom. The molecule has 1 atom stereocenters. The first-order valence-electron chi connectivity index (χ1n) is 8.02. The Morgan fingerprint density at radius 3 is 1.96 bits per heavy atom. The fraction of sp³-hybridized carbons (Fsp3) is 0.0909. The molecule has 110 valence electrons. The molecule has 1 unspecified atom stereocenters. The monoisotopic (exact) mass is 296 g/mol. The first-order chi connectivity index (χ1) is 11.3. The van der Waals surface area contributed by atoms with Gasteiger partial charge in [0.25, 0.3) is 0 Å². The zero-order chi connectivity index (χ0) is 15.6. The van der Waals surface area contributed by atoms with Gasteiger partial charge in [0.1, 0.15) is 0 Å². The highest BCUT2D eigenvalue weighted by molar-refractivity contribution is 6.30. The molecule has 0 saturated carbocycles. The van der Waals surface area contributed by atoms with Gasteiger partial charge in [0.05, 0.1) is 6.10 Å². The van der Waals surface area contributed by atoms with E-state index in [1.54, 1.807) is 0 Å². The largest absolute Gasteiger partial charge is 0.389 e. The molecule has 0 spiro atoms. The molecule has 1 nitrogen and oxygen atoms in total. The van der Waals surface area contributed by atoms with Crippen molar-refractivity contribution in [2.75, 3.05) is 0 Å². The second-order valence-corrected chi connectivity index (χ2v) is 6.32. The van der Waals surface area contributed by atoms with E-state index in [1.165, 1.54) is 32.3 Å². The molecular weight excluding hydrogens is 280 g/mol. The fourth-order valence-electron chi connectivity index (χ4n) is 4.08. The first-order valence-corrected chi connectivity index (χ1v) is 8.02. The van der Waals surface area contributed by atoms with Crippen LogP contribution in [0, 0.1) is 0 Å². The van der Waals surface area contributed by atoms with Gasteiger partial charge in [-0.05, 0) is 55.6 Å². The molecule has 1 N–H and O–H groups in total. The number of rotatable bonds is 1. The summed E-state index contributed by atoms with van der Waals surface area (Å²) in [5.74, 6) is 0. The minimum Gasteiger partial charge on any atom is -0.389 e. The average Bonchev–Trinajstić information content (AvgIpc) is 2.58. The lowest BCUT2D eigenvalue weighted by Gasteiger charge is -2.19. The van der Waals surface area contributed by atoms with Crippen LogP contribution in [0.5, 0.6) is 0 Å². The van der Waals surface area contributed by atoms with E-state index in [-0.39, 0.29) is 0 Å². The molecule has 1 heteroatoms. The molecule has 0 aliphatic rings. The van der Waals surface area contributed by atoms with Gasteiger partial charge in [-0.2, -0.15) is 0 Å². The summed E-state index contributed by atoms with van der Waals surface area (Å²) in [4.78, 5) is 0. The highest BCUT2D eigenvalue weighted by Crippen LogP contribution is 2.42. The number of fused-ring (bicyclic) bond motifs is 2. The van der Waals surface area contributed by atoms with Crippen molar-refractivity contribution >= 4 is 43.1 Å². The van der Waals surface area contributed by atoms with Crippen molar-refractivity contribution in [2.45, 2.75) is 13.0 Å². The van der Waals surface area contributed by atoms with E-state index >= 15 is 0 Å². The van der Waals surface area contributed by atoms with Gasteiger partial charge in [-0.25, -0.2) is 0 Å². The third-order valence-electron chi connectivity index (χ3n) is 4.99. The van der Waals surface area contributed by atoms with Crippen molar-refractivity contribution in [3.63, 3.8) is 0 Å². The van der Waals surface area contributed by atoms with E-state index in [1.807, 2.05) is 13.0 Å². The van der Waals surface area contributed by atoms with Crippen LogP contribution in [0.25, 0.3) is 43.1 Å². The number of aliphatic hydroxyl groups is 1. The van der Waals surface area contributed by atoms with Crippen molar-refractivity contribution in [1.82, 2.24) is 0 Å². The van der Waals surface area contributed by atoms with E-state index in [9.17, 15) is 5.11 Å². The highest BCUT2D eigenvalue weighted by atomic mass is 16.3. The lowest BCUT2D eigenvalue weighted by molar-refractivity contribution is 0.202. The Balaban J connectivity index is 2.21. The molecule has 23 heavy (non-hydrogen) atoms. The summed E-state index contributed by atoms with van der Waals surface area (Å²) in [6, 6.07) is 23.6. The molecule has 0 aliphatic heterocycles. The smallest absolute Gasteiger partial charge is 0.0773 e. The molecule has 0 amide bonds. The maximum atomic E-state index is 10.5. The summed E-state index contributed by atoms with van der Waals surface area (Å²) in [6.07, 6.45) is -0.496. The van der Waals surface area contributed by atoms with Gasteiger partial charge in [-0.15, -0.1) is 0 Å². The van der Waals surface area contributed by atoms with Gasteiger partial charge in [0, 0.05) is 0 Å². The Labute approximate surface area is 134 Å². The lowest BCUT2D eigenvalue weighted by Crippen LogP contribution is -1.97. The van der Waals surface area contributed by atoms with Crippen molar-refractivity contribution in [3.05, 3.63) is 72.3 Å². The molecule has 0 aromatic heterocycles. The summed E-state index contributed by atoms with van der Waals surface area (Å²) in [7, 11) is 0. The minimum atomic E-state index is -0.496.